The third-order valence-corrected chi connectivity index (χ3v) is 4.49. The van der Waals surface area contributed by atoms with Crippen molar-refractivity contribution < 1.29 is 15.0 Å². The van der Waals surface area contributed by atoms with E-state index in [4.69, 9.17) is 5.11 Å². The number of nitrogens with zero attached hydrogens (tertiary/aromatic N) is 4. The van der Waals surface area contributed by atoms with Crippen LogP contribution in [0.25, 0.3) is 11.5 Å². The van der Waals surface area contributed by atoms with Crippen molar-refractivity contribution in [3.8, 4) is 17.3 Å². The molecule has 0 saturated heterocycles. The van der Waals surface area contributed by atoms with Crippen molar-refractivity contribution in [3.05, 3.63) is 59.8 Å². The molecule has 1 aromatic carbocycles. The second kappa shape index (κ2) is 7.51. The Labute approximate surface area is 161 Å². The Bertz CT molecular complexity index is 1010. The summed E-state index contributed by atoms with van der Waals surface area (Å²) in [6.45, 7) is 1.56. The number of carbonyl (C=O) groups is 1. The summed E-state index contributed by atoms with van der Waals surface area (Å²) >= 11 is 0. The van der Waals surface area contributed by atoms with Gasteiger partial charge in [-0.1, -0.05) is 12.1 Å². The number of anilines is 2. The highest BCUT2D eigenvalue weighted by atomic mass is 16.4. The van der Waals surface area contributed by atoms with Crippen LogP contribution in [0.4, 0.5) is 11.6 Å². The number of phenolic OH excluding ortho intramolecular Hbond substituents is 1. The van der Waals surface area contributed by atoms with Gasteiger partial charge in [-0.2, -0.15) is 0 Å². The molecular formula is C20H19N5O3. The summed E-state index contributed by atoms with van der Waals surface area (Å²) in [5, 5.41) is 21.6. The Balaban J connectivity index is 1.65. The summed E-state index contributed by atoms with van der Waals surface area (Å²) in [6, 6.07) is 12.7. The molecule has 8 nitrogen and oxygen atoms in total. The van der Waals surface area contributed by atoms with Crippen LogP contribution >= 0.6 is 0 Å². The number of fused-ring (bicyclic) bond motifs is 1. The topological polar surface area (TPSA) is 111 Å². The highest BCUT2D eigenvalue weighted by Gasteiger charge is 2.22. The molecule has 0 bridgehead atoms. The van der Waals surface area contributed by atoms with E-state index in [-0.39, 0.29) is 18.7 Å². The number of aliphatic carboxylic acids is 1. The van der Waals surface area contributed by atoms with Crippen molar-refractivity contribution in [2.45, 2.75) is 19.5 Å². The van der Waals surface area contributed by atoms with Gasteiger partial charge in [-0.25, -0.2) is 9.97 Å². The maximum absolute atomic E-state index is 10.8. The van der Waals surface area contributed by atoms with Gasteiger partial charge in [-0.05, 0) is 35.4 Å². The number of rotatable bonds is 6. The van der Waals surface area contributed by atoms with Crippen LogP contribution in [0.1, 0.15) is 17.5 Å². The lowest BCUT2D eigenvalue weighted by atomic mass is 10.1. The van der Waals surface area contributed by atoms with Gasteiger partial charge in [0.05, 0.1) is 6.42 Å². The fraction of sp³-hybridized carbons (Fsp3) is 0.200. The van der Waals surface area contributed by atoms with Crippen molar-refractivity contribution in [2.24, 2.45) is 0 Å². The van der Waals surface area contributed by atoms with Crippen LogP contribution in [-0.2, 0) is 17.9 Å². The zero-order valence-electron chi connectivity index (χ0n) is 15.0. The zero-order chi connectivity index (χ0) is 19.5. The highest BCUT2D eigenvalue weighted by Crippen LogP contribution is 2.31. The molecule has 0 spiro atoms. The predicted octanol–water partition coefficient (Wildman–Crippen LogP) is 2.65. The van der Waals surface area contributed by atoms with E-state index in [1.807, 2.05) is 24.3 Å². The summed E-state index contributed by atoms with van der Waals surface area (Å²) in [4.78, 5) is 26.4. The van der Waals surface area contributed by atoms with E-state index in [2.05, 4.69) is 25.2 Å². The number of carboxylic acids is 1. The molecule has 0 amide bonds. The molecule has 0 radical (unpaired) electrons. The Kier molecular flexibility index (Phi) is 4.76. The number of hydrogen-bond donors (Lipinski definition) is 3. The van der Waals surface area contributed by atoms with Crippen LogP contribution in [-0.4, -0.2) is 37.7 Å². The Morgan fingerprint density at radius 1 is 1.11 bits per heavy atom. The van der Waals surface area contributed by atoms with Crippen molar-refractivity contribution in [2.75, 3.05) is 16.8 Å². The van der Waals surface area contributed by atoms with Gasteiger partial charge in [0.15, 0.2) is 5.82 Å². The summed E-state index contributed by atoms with van der Waals surface area (Å²) in [6.07, 6.45) is 1.67. The van der Waals surface area contributed by atoms with Gasteiger partial charge in [0.1, 0.15) is 23.1 Å². The average Bonchev–Trinajstić information content (AvgIpc) is 3.11. The van der Waals surface area contributed by atoms with Crippen molar-refractivity contribution >= 4 is 17.6 Å². The molecule has 0 atom stereocenters. The standard InChI is InChI=1S/C20H19N5O3/c26-15-5-4-13-11-25(12-14(13)9-15)18-10-17(22-8-6-19(27)28)23-20(24-18)16-3-1-2-7-21-16/h1-5,7,9-10,26H,6,8,11-12H2,(H,27,28)(H,22,23,24). The molecule has 3 aromatic rings. The van der Waals surface area contributed by atoms with Crippen molar-refractivity contribution in [1.29, 1.82) is 0 Å². The third-order valence-electron chi connectivity index (χ3n) is 4.49. The van der Waals surface area contributed by atoms with Gasteiger partial charge in [-0.15, -0.1) is 0 Å². The molecule has 3 N–H and O–H groups in total. The minimum atomic E-state index is -0.874. The number of aromatic hydroxyl groups is 1. The molecule has 3 heterocycles. The minimum absolute atomic E-state index is 0.00725. The number of nitrogens with one attached hydrogen (secondary N) is 1. The maximum Gasteiger partial charge on any atom is 0.305 e. The van der Waals surface area contributed by atoms with Crippen LogP contribution < -0.4 is 10.2 Å². The number of carboxylic acid groups (broad SMARTS) is 1. The smallest absolute Gasteiger partial charge is 0.305 e. The number of phenols is 1. The first kappa shape index (κ1) is 17.7. The molecule has 0 unspecified atom stereocenters. The van der Waals surface area contributed by atoms with Crippen molar-refractivity contribution in [3.63, 3.8) is 0 Å². The van der Waals surface area contributed by atoms with Gasteiger partial charge < -0.3 is 20.4 Å². The van der Waals surface area contributed by atoms with Gasteiger partial charge in [0.25, 0.3) is 0 Å². The van der Waals surface area contributed by atoms with Gasteiger partial charge in [0.2, 0.25) is 0 Å². The van der Waals surface area contributed by atoms with Crippen LogP contribution in [0.3, 0.4) is 0 Å². The van der Waals surface area contributed by atoms with Gasteiger partial charge >= 0.3 is 5.97 Å². The molecule has 0 fully saturated rings. The quantitative estimate of drug-likeness (QED) is 0.601. The average molecular weight is 377 g/mol. The van der Waals surface area contributed by atoms with E-state index >= 15 is 0 Å². The summed E-state index contributed by atoms with van der Waals surface area (Å²) in [5.74, 6) is 1.10. The highest BCUT2D eigenvalue weighted by molar-refractivity contribution is 5.67. The van der Waals surface area contributed by atoms with E-state index in [9.17, 15) is 9.90 Å². The minimum Gasteiger partial charge on any atom is -0.508 e. The van der Waals surface area contributed by atoms with Crippen LogP contribution in [0.2, 0.25) is 0 Å². The fourth-order valence-electron chi connectivity index (χ4n) is 3.14. The molecule has 4 rings (SSSR count). The SMILES string of the molecule is O=C(O)CCNc1cc(N2Cc3ccc(O)cc3C2)nc(-c2ccccn2)n1. The summed E-state index contributed by atoms with van der Waals surface area (Å²) < 4.78 is 0. The molecule has 1 aliphatic heterocycles. The molecule has 2 aromatic heterocycles. The van der Waals surface area contributed by atoms with Crippen LogP contribution in [0, 0.1) is 0 Å². The second-order valence-electron chi connectivity index (χ2n) is 6.53. The molecule has 0 aliphatic carbocycles. The Hall–Kier alpha value is -3.68. The third kappa shape index (κ3) is 3.85. The number of aromatic nitrogens is 3. The van der Waals surface area contributed by atoms with Gasteiger partial charge in [-0.3, -0.25) is 9.78 Å². The first-order valence-corrected chi connectivity index (χ1v) is 8.90. The summed E-state index contributed by atoms with van der Waals surface area (Å²) in [5.41, 5.74) is 2.83. The molecule has 0 saturated carbocycles. The van der Waals surface area contributed by atoms with Crippen molar-refractivity contribution in [1.82, 2.24) is 15.0 Å². The van der Waals surface area contributed by atoms with Crippen LogP contribution in [0.5, 0.6) is 5.75 Å². The predicted molar refractivity (Wildman–Crippen MR) is 104 cm³/mol. The number of hydrogen-bond acceptors (Lipinski definition) is 7. The van der Waals surface area contributed by atoms with E-state index < -0.39 is 5.97 Å². The van der Waals surface area contributed by atoms with Crippen LogP contribution in [0.15, 0.2) is 48.7 Å². The monoisotopic (exact) mass is 377 g/mol. The number of benzene rings is 1. The lowest BCUT2D eigenvalue weighted by Gasteiger charge is -2.18. The Morgan fingerprint density at radius 3 is 2.75 bits per heavy atom. The molecule has 1 aliphatic rings. The lowest BCUT2D eigenvalue weighted by molar-refractivity contribution is -0.136. The summed E-state index contributed by atoms with van der Waals surface area (Å²) in [7, 11) is 0. The fourth-order valence-corrected chi connectivity index (χ4v) is 3.14. The molecular weight excluding hydrogens is 358 g/mol. The largest absolute Gasteiger partial charge is 0.508 e. The number of pyridine rings is 1. The van der Waals surface area contributed by atoms with E-state index in [0.717, 1.165) is 11.1 Å². The van der Waals surface area contributed by atoms with E-state index in [1.54, 1.807) is 24.4 Å². The maximum atomic E-state index is 10.8. The van der Waals surface area contributed by atoms with E-state index in [1.165, 1.54) is 0 Å². The zero-order valence-corrected chi connectivity index (χ0v) is 15.0. The molecule has 8 heteroatoms. The molecule has 142 valence electrons. The first-order chi connectivity index (χ1) is 13.6. The second-order valence-corrected chi connectivity index (χ2v) is 6.53. The normalized spacial score (nSPS) is 12.6. The lowest BCUT2D eigenvalue weighted by Crippen LogP contribution is -2.18. The van der Waals surface area contributed by atoms with Gasteiger partial charge in [0, 0.05) is 31.9 Å². The first-order valence-electron chi connectivity index (χ1n) is 8.90. The molecule has 28 heavy (non-hydrogen) atoms. The Morgan fingerprint density at radius 2 is 1.96 bits per heavy atom. The van der Waals surface area contributed by atoms with E-state index in [0.29, 0.717) is 36.2 Å².